The highest BCUT2D eigenvalue weighted by Crippen LogP contribution is 2.36. The first-order valence-electron chi connectivity index (χ1n) is 9.30. The van der Waals surface area contributed by atoms with Gasteiger partial charge in [-0.25, -0.2) is 0 Å². The Morgan fingerprint density at radius 3 is 2.19 bits per heavy atom. The number of likely N-dealkylation sites (tertiary alicyclic amines) is 1. The van der Waals surface area contributed by atoms with Gasteiger partial charge in [0.2, 0.25) is 0 Å². The number of benzene rings is 1. The van der Waals surface area contributed by atoms with Crippen molar-refractivity contribution in [3.05, 3.63) is 53.3 Å². The third-order valence-corrected chi connectivity index (χ3v) is 5.38. The zero-order valence-electron chi connectivity index (χ0n) is 16.4. The molecule has 0 bridgehead atoms. The van der Waals surface area contributed by atoms with Gasteiger partial charge in [0.25, 0.3) is 5.91 Å². The highest BCUT2D eigenvalue weighted by molar-refractivity contribution is 5.93. The summed E-state index contributed by atoms with van der Waals surface area (Å²) in [5.74, 6) is -0.957. The van der Waals surface area contributed by atoms with Crippen molar-refractivity contribution in [2.75, 3.05) is 13.1 Å². The lowest BCUT2D eigenvalue weighted by atomic mass is 9.73. The first-order valence-corrected chi connectivity index (χ1v) is 9.30. The Balaban J connectivity index is 1.79. The molecule has 0 atom stereocenters. The molecule has 1 saturated heterocycles. The number of aromatic nitrogens is 2. The van der Waals surface area contributed by atoms with Gasteiger partial charge in [0.1, 0.15) is 0 Å². The Kier molecular flexibility index (Phi) is 4.84. The number of hydrogen-bond donors (Lipinski definition) is 1. The Bertz CT molecular complexity index is 841. The van der Waals surface area contributed by atoms with Crippen molar-refractivity contribution in [1.82, 2.24) is 14.7 Å². The fourth-order valence-corrected chi connectivity index (χ4v) is 3.89. The Hall–Kier alpha value is -2.63. The summed E-state index contributed by atoms with van der Waals surface area (Å²) in [5.41, 5.74) is 1.03. The minimum Gasteiger partial charge on any atom is -0.481 e. The van der Waals surface area contributed by atoms with Gasteiger partial charge in [0.15, 0.2) is 5.69 Å². The number of carboxylic acids is 1. The molecule has 1 aliphatic rings. The van der Waals surface area contributed by atoms with Crippen molar-refractivity contribution < 1.29 is 14.7 Å². The molecule has 0 aliphatic carbocycles. The maximum Gasteiger partial charge on any atom is 0.314 e. The van der Waals surface area contributed by atoms with Crippen LogP contribution in [0, 0.1) is 6.92 Å². The van der Waals surface area contributed by atoms with Crippen LogP contribution in [0.15, 0.2) is 36.4 Å². The lowest BCUT2D eigenvalue weighted by Crippen LogP contribution is -2.49. The van der Waals surface area contributed by atoms with Crippen molar-refractivity contribution in [3.63, 3.8) is 0 Å². The zero-order valence-corrected chi connectivity index (χ0v) is 16.4. The molecule has 0 unspecified atom stereocenters. The molecular weight excluding hydrogens is 342 g/mol. The molecule has 144 valence electrons. The predicted molar refractivity (Wildman–Crippen MR) is 103 cm³/mol. The van der Waals surface area contributed by atoms with Gasteiger partial charge in [-0.2, -0.15) is 5.10 Å². The monoisotopic (exact) mass is 369 g/mol. The second-order valence-corrected chi connectivity index (χ2v) is 8.30. The van der Waals surface area contributed by atoms with Crippen molar-refractivity contribution >= 4 is 11.9 Å². The molecule has 1 fully saturated rings. The summed E-state index contributed by atoms with van der Waals surface area (Å²) in [6.07, 6.45) is 0.800. The van der Waals surface area contributed by atoms with Gasteiger partial charge in [-0.3, -0.25) is 14.3 Å². The topological polar surface area (TPSA) is 75.4 Å². The average Bonchev–Trinajstić information content (AvgIpc) is 3.04. The number of carbonyl (C=O) groups is 2. The number of carboxylic acid groups (broad SMARTS) is 1. The summed E-state index contributed by atoms with van der Waals surface area (Å²) >= 11 is 0. The van der Waals surface area contributed by atoms with E-state index in [4.69, 9.17) is 0 Å². The van der Waals surface area contributed by atoms with Crippen LogP contribution in [0.1, 0.15) is 55.4 Å². The Morgan fingerprint density at radius 2 is 1.70 bits per heavy atom. The molecule has 1 aromatic carbocycles. The van der Waals surface area contributed by atoms with E-state index in [1.54, 1.807) is 4.90 Å². The molecule has 0 radical (unpaired) electrons. The normalized spacial score (nSPS) is 17.0. The molecule has 0 saturated carbocycles. The second kappa shape index (κ2) is 6.83. The van der Waals surface area contributed by atoms with Crippen LogP contribution in [0.4, 0.5) is 0 Å². The van der Waals surface area contributed by atoms with Crippen LogP contribution < -0.4 is 0 Å². The molecule has 3 rings (SSSR count). The quantitative estimate of drug-likeness (QED) is 0.901. The van der Waals surface area contributed by atoms with Gasteiger partial charge in [-0.15, -0.1) is 0 Å². The highest BCUT2D eigenvalue weighted by Gasteiger charge is 2.44. The van der Waals surface area contributed by atoms with Crippen molar-refractivity contribution in [2.45, 2.75) is 51.5 Å². The van der Waals surface area contributed by atoms with Gasteiger partial charge < -0.3 is 10.0 Å². The van der Waals surface area contributed by atoms with Crippen LogP contribution in [0.5, 0.6) is 0 Å². The zero-order chi connectivity index (χ0) is 19.8. The average molecular weight is 369 g/mol. The predicted octanol–water partition coefficient (Wildman–Crippen LogP) is 3.21. The molecular formula is C21H27N3O3. The number of nitrogens with zero attached hydrogens (tertiary/aromatic N) is 3. The smallest absolute Gasteiger partial charge is 0.314 e. The number of amides is 1. The lowest BCUT2D eigenvalue weighted by Gasteiger charge is -2.39. The molecule has 0 spiro atoms. The molecule has 2 heterocycles. The van der Waals surface area contributed by atoms with Gasteiger partial charge >= 0.3 is 5.97 Å². The molecule has 1 aromatic heterocycles. The summed E-state index contributed by atoms with van der Waals surface area (Å²) in [6, 6.07) is 11.1. The van der Waals surface area contributed by atoms with E-state index in [0.717, 1.165) is 11.3 Å². The standard InChI is InChI=1S/C21H27N3O3/c1-15-14-17(22-24(15)20(2,3)4)18(25)23-12-10-21(11-13-23,19(26)27)16-8-6-5-7-9-16/h5-9,14H,10-13H2,1-4H3,(H,26,27). The van der Waals surface area contributed by atoms with Crippen LogP contribution >= 0.6 is 0 Å². The van der Waals surface area contributed by atoms with Crippen LogP contribution in [0.2, 0.25) is 0 Å². The summed E-state index contributed by atoms with van der Waals surface area (Å²) in [4.78, 5) is 26.7. The molecule has 1 aliphatic heterocycles. The van der Waals surface area contributed by atoms with Gasteiger partial charge in [0, 0.05) is 18.8 Å². The van der Waals surface area contributed by atoms with Crippen molar-refractivity contribution in [1.29, 1.82) is 0 Å². The molecule has 1 amide bonds. The maximum absolute atomic E-state index is 12.9. The van der Waals surface area contributed by atoms with Crippen LogP contribution in [0.25, 0.3) is 0 Å². The number of aryl methyl sites for hydroxylation is 1. The minimum absolute atomic E-state index is 0.131. The maximum atomic E-state index is 12.9. The fraction of sp³-hybridized carbons (Fsp3) is 0.476. The molecule has 1 N–H and O–H groups in total. The van der Waals surface area contributed by atoms with Gasteiger partial charge in [-0.1, -0.05) is 30.3 Å². The molecule has 27 heavy (non-hydrogen) atoms. The van der Waals surface area contributed by atoms with Crippen molar-refractivity contribution in [2.24, 2.45) is 0 Å². The fourth-order valence-electron chi connectivity index (χ4n) is 3.89. The second-order valence-electron chi connectivity index (χ2n) is 8.30. The number of aliphatic carboxylic acids is 1. The third kappa shape index (κ3) is 3.48. The van der Waals surface area contributed by atoms with E-state index in [2.05, 4.69) is 5.10 Å². The molecule has 6 heteroatoms. The summed E-state index contributed by atoms with van der Waals surface area (Å²) in [5, 5.41) is 14.4. The Morgan fingerprint density at radius 1 is 1.11 bits per heavy atom. The number of piperidine rings is 1. The van der Waals surface area contributed by atoms with Crippen LogP contribution in [-0.4, -0.2) is 44.8 Å². The largest absolute Gasteiger partial charge is 0.481 e. The third-order valence-electron chi connectivity index (χ3n) is 5.38. The first kappa shape index (κ1) is 19.1. The van der Waals surface area contributed by atoms with E-state index < -0.39 is 11.4 Å². The van der Waals surface area contributed by atoms with E-state index in [0.29, 0.717) is 31.6 Å². The van der Waals surface area contributed by atoms with Crippen LogP contribution in [0.3, 0.4) is 0 Å². The number of hydrogen-bond acceptors (Lipinski definition) is 3. The van der Waals surface area contributed by atoms with E-state index in [1.807, 2.05) is 68.8 Å². The first-order chi connectivity index (χ1) is 12.6. The summed E-state index contributed by atoms with van der Waals surface area (Å²) in [7, 11) is 0. The van der Waals surface area contributed by atoms with Crippen LogP contribution in [-0.2, 0) is 15.7 Å². The number of rotatable bonds is 3. The van der Waals surface area contributed by atoms with E-state index in [1.165, 1.54) is 0 Å². The van der Waals surface area contributed by atoms with E-state index in [-0.39, 0.29) is 11.4 Å². The lowest BCUT2D eigenvalue weighted by molar-refractivity contribution is -0.145. The van der Waals surface area contributed by atoms with Crippen molar-refractivity contribution in [3.8, 4) is 0 Å². The highest BCUT2D eigenvalue weighted by atomic mass is 16.4. The van der Waals surface area contributed by atoms with E-state index >= 15 is 0 Å². The van der Waals surface area contributed by atoms with E-state index in [9.17, 15) is 14.7 Å². The van der Waals surface area contributed by atoms with Gasteiger partial charge in [-0.05, 0) is 52.2 Å². The van der Waals surface area contributed by atoms with Gasteiger partial charge in [0.05, 0.1) is 11.0 Å². The molecule has 6 nitrogen and oxygen atoms in total. The Labute approximate surface area is 159 Å². The SMILES string of the molecule is Cc1cc(C(=O)N2CCC(C(=O)O)(c3ccccc3)CC2)nn1C(C)(C)C. The molecule has 2 aromatic rings. The summed E-state index contributed by atoms with van der Waals surface area (Å²) in [6.45, 7) is 8.88. The summed E-state index contributed by atoms with van der Waals surface area (Å²) < 4.78 is 1.86. The minimum atomic E-state index is -0.932. The number of carbonyl (C=O) groups excluding carboxylic acids is 1.